The zero-order valence-electron chi connectivity index (χ0n) is 14.0. The van der Waals surface area contributed by atoms with Crippen molar-refractivity contribution >= 4 is 0 Å². The summed E-state index contributed by atoms with van der Waals surface area (Å²) in [6.07, 6.45) is 3.84. The molecule has 1 aromatic carbocycles. The summed E-state index contributed by atoms with van der Waals surface area (Å²) in [6.45, 7) is 3.52. The molecule has 1 aliphatic heterocycles. The molecule has 0 unspecified atom stereocenters. The van der Waals surface area contributed by atoms with Crippen molar-refractivity contribution in [2.45, 2.75) is 26.2 Å². The first kappa shape index (κ1) is 15.6. The lowest BCUT2D eigenvalue weighted by Crippen LogP contribution is -2.33. The monoisotopic (exact) mass is 341 g/mol. The van der Waals surface area contributed by atoms with E-state index in [0.717, 1.165) is 37.0 Å². The maximum atomic E-state index is 5.66. The zero-order valence-corrected chi connectivity index (χ0v) is 14.0. The Hall–Kier alpha value is -2.87. The van der Waals surface area contributed by atoms with Gasteiger partial charge in [0.2, 0.25) is 11.7 Å². The third-order valence-electron chi connectivity index (χ3n) is 4.12. The van der Waals surface area contributed by atoms with Gasteiger partial charge in [-0.25, -0.2) is 4.98 Å². The molecule has 0 N–H and O–H groups in total. The number of rotatable bonds is 6. The van der Waals surface area contributed by atoms with Gasteiger partial charge >= 0.3 is 0 Å². The lowest BCUT2D eigenvalue weighted by Gasteiger charge is -2.25. The molecule has 0 amide bonds. The van der Waals surface area contributed by atoms with E-state index < -0.39 is 0 Å². The number of benzene rings is 1. The molecule has 4 rings (SSSR count). The quantitative estimate of drug-likeness (QED) is 0.677. The van der Waals surface area contributed by atoms with Crippen molar-refractivity contribution < 1.29 is 14.0 Å². The Labute approximate surface area is 145 Å². The molecule has 8 heteroatoms. The van der Waals surface area contributed by atoms with Gasteiger partial charge in [-0.15, -0.1) is 0 Å². The average Bonchev–Trinajstić information content (AvgIpc) is 3.29. The van der Waals surface area contributed by atoms with E-state index in [1.165, 1.54) is 0 Å². The predicted molar refractivity (Wildman–Crippen MR) is 88.0 cm³/mol. The van der Waals surface area contributed by atoms with E-state index in [0.29, 0.717) is 18.3 Å². The summed E-state index contributed by atoms with van der Waals surface area (Å²) in [5, 5.41) is 3.98. The highest BCUT2D eigenvalue weighted by Gasteiger charge is 2.19. The van der Waals surface area contributed by atoms with Crippen LogP contribution in [0, 0.1) is 0 Å². The van der Waals surface area contributed by atoms with E-state index in [2.05, 4.69) is 24.6 Å². The number of ether oxygens (including phenoxy) is 2. The Morgan fingerprint density at radius 2 is 2.00 bits per heavy atom. The third-order valence-corrected chi connectivity index (χ3v) is 4.12. The van der Waals surface area contributed by atoms with Crippen molar-refractivity contribution in [3.8, 4) is 11.5 Å². The third kappa shape index (κ3) is 3.63. The van der Waals surface area contributed by atoms with E-state index in [-0.39, 0.29) is 6.61 Å². The largest absolute Gasteiger partial charge is 0.497 e. The number of aromatic nitrogens is 4. The van der Waals surface area contributed by atoms with Crippen molar-refractivity contribution in [3.63, 3.8) is 0 Å². The molecule has 8 nitrogen and oxygen atoms in total. The molecular weight excluding hydrogens is 322 g/mol. The molecule has 25 heavy (non-hydrogen) atoms. The van der Waals surface area contributed by atoms with Gasteiger partial charge in [0.05, 0.1) is 20.2 Å². The first-order chi connectivity index (χ1) is 12.3. The Kier molecular flexibility index (Phi) is 4.34. The van der Waals surface area contributed by atoms with E-state index in [1.807, 2.05) is 36.7 Å². The van der Waals surface area contributed by atoms with Gasteiger partial charge in [-0.05, 0) is 24.3 Å². The molecule has 0 fully saturated rings. The van der Waals surface area contributed by atoms with Crippen LogP contribution in [0.25, 0.3) is 0 Å². The maximum Gasteiger partial charge on any atom is 0.240 e. The summed E-state index contributed by atoms with van der Waals surface area (Å²) >= 11 is 0. The molecule has 0 saturated heterocycles. The van der Waals surface area contributed by atoms with Crippen LogP contribution in [0.5, 0.6) is 11.5 Å². The first-order valence-electron chi connectivity index (χ1n) is 8.11. The Morgan fingerprint density at radius 1 is 1.16 bits per heavy atom. The number of methoxy groups -OCH3 is 1. The van der Waals surface area contributed by atoms with Gasteiger partial charge in [0, 0.05) is 25.5 Å². The average molecular weight is 341 g/mol. The topological polar surface area (TPSA) is 78.4 Å². The van der Waals surface area contributed by atoms with Crippen LogP contribution >= 0.6 is 0 Å². The SMILES string of the molecule is COc1ccc(OCc2noc(CN3CCn4ccnc4C3)n2)cc1. The highest BCUT2D eigenvalue weighted by Crippen LogP contribution is 2.18. The smallest absolute Gasteiger partial charge is 0.240 e. The molecule has 2 aromatic heterocycles. The standard InChI is InChI=1S/C17H19N5O3/c1-23-13-2-4-14(5-3-13)24-12-15-19-17(25-20-15)11-21-8-9-22-7-6-18-16(22)10-21/h2-7H,8-12H2,1H3. The second-order valence-electron chi connectivity index (χ2n) is 5.82. The van der Waals surface area contributed by atoms with Gasteiger partial charge in [-0.1, -0.05) is 5.16 Å². The minimum atomic E-state index is 0.264. The molecule has 1 aliphatic rings. The van der Waals surface area contributed by atoms with Crippen molar-refractivity contribution in [3.05, 3.63) is 54.2 Å². The molecule has 0 atom stereocenters. The normalized spacial score (nSPS) is 14.3. The molecule has 130 valence electrons. The number of nitrogens with zero attached hydrogens (tertiary/aromatic N) is 5. The summed E-state index contributed by atoms with van der Waals surface area (Å²) in [6, 6.07) is 7.37. The fourth-order valence-electron chi connectivity index (χ4n) is 2.78. The van der Waals surface area contributed by atoms with E-state index in [1.54, 1.807) is 7.11 Å². The van der Waals surface area contributed by atoms with Crippen LogP contribution in [0.3, 0.4) is 0 Å². The van der Waals surface area contributed by atoms with E-state index in [4.69, 9.17) is 14.0 Å². The summed E-state index contributed by atoms with van der Waals surface area (Å²) in [5.74, 6) is 3.71. The fourth-order valence-corrected chi connectivity index (χ4v) is 2.78. The van der Waals surface area contributed by atoms with Gasteiger partial charge < -0.3 is 18.6 Å². The van der Waals surface area contributed by atoms with E-state index >= 15 is 0 Å². The predicted octanol–water partition coefficient (Wildman–Crippen LogP) is 1.87. The highest BCUT2D eigenvalue weighted by molar-refractivity contribution is 5.31. The number of imidazole rings is 1. The lowest BCUT2D eigenvalue weighted by atomic mass is 10.3. The van der Waals surface area contributed by atoms with Gasteiger partial charge in [0.25, 0.3) is 0 Å². The molecular formula is C17H19N5O3. The van der Waals surface area contributed by atoms with Crippen LogP contribution in [0.2, 0.25) is 0 Å². The summed E-state index contributed by atoms with van der Waals surface area (Å²) in [7, 11) is 1.63. The maximum absolute atomic E-state index is 5.66. The van der Waals surface area contributed by atoms with Gasteiger partial charge in [0.15, 0.2) is 6.61 Å². The van der Waals surface area contributed by atoms with Crippen LogP contribution < -0.4 is 9.47 Å². The first-order valence-corrected chi connectivity index (χ1v) is 8.11. The Bertz CT molecular complexity index is 827. The zero-order chi connectivity index (χ0) is 17.1. The molecule has 0 saturated carbocycles. The lowest BCUT2D eigenvalue weighted by molar-refractivity contribution is 0.182. The summed E-state index contributed by atoms with van der Waals surface area (Å²) in [4.78, 5) is 11.0. The number of hydrogen-bond donors (Lipinski definition) is 0. The second-order valence-corrected chi connectivity index (χ2v) is 5.82. The van der Waals surface area contributed by atoms with Gasteiger partial charge in [-0.3, -0.25) is 4.90 Å². The van der Waals surface area contributed by atoms with Crippen molar-refractivity contribution in [2.24, 2.45) is 0 Å². The van der Waals surface area contributed by atoms with Gasteiger partial charge in [-0.2, -0.15) is 4.98 Å². The summed E-state index contributed by atoms with van der Waals surface area (Å²) < 4.78 is 18.3. The van der Waals surface area contributed by atoms with Crippen molar-refractivity contribution in [2.75, 3.05) is 13.7 Å². The summed E-state index contributed by atoms with van der Waals surface area (Å²) in [5.41, 5.74) is 0. The molecule has 0 radical (unpaired) electrons. The van der Waals surface area contributed by atoms with Crippen LogP contribution in [0.1, 0.15) is 17.5 Å². The van der Waals surface area contributed by atoms with Gasteiger partial charge in [0.1, 0.15) is 17.3 Å². The van der Waals surface area contributed by atoms with Crippen LogP contribution in [0.4, 0.5) is 0 Å². The molecule has 3 heterocycles. The molecule has 0 spiro atoms. The van der Waals surface area contributed by atoms with E-state index in [9.17, 15) is 0 Å². The Morgan fingerprint density at radius 3 is 2.84 bits per heavy atom. The van der Waals surface area contributed by atoms with Crippen LogP contribution in [0.15, 0.2) is 41.2 Å². The number of hydrogen-bond acceptors (Lipinski definition) is 7. The second kappa shape index (κ2) is 6.94. The van der Waals surface area contributed by atoms with Crippen LogP contribution in [-0.4, -0.2) is 38.2 Å². The number of fused-ring (bicyclic) bond motifs is 1. The van der Waals surface area contributed by atoms with Crippen molar-refractivity contribution in [1.82, 2.24) is 24.6 Å². The molecule has 3 aromatic rings. The van der Waals surface area contributed by atoms with Crippen LogP contribution in [-0.2, 0) is 26.2 Å². The minimum Gasteiger partial charge on any atom is -0.497 e. The Balaban J connectivity index is 1.31. The highest BCUT2D eigenvalue weighted by atomic mass is 16.5. The van der Waals surface area contributed by atoms with Crippen molar-refractivity contribution in [1.29, 1.82) is 0 Å². The fraction of sp³-hybridized carbons (Fsp3) is 0.353. The molecule has 0 aliphatic carbocycles. The molecule has 0 bridgehead atoms. The minimum absolute atomic E-state index is 0.264.